The van der Waals surface area contributed by atoms with Crippen LogP contribution in [0.4, 0.5) is 0 Å². The molecule has 0 aliphatic heterocycles. The number of hydrogen-bond acceptors (Lipinski definition) is 5. The number of fused-ring (bicyclic) bond motifs is 1. The molecule has 0 saturated carbocycles. The van der Waals surface area contributed by atoms with Gasteiger partial charge in [-0.1, -0.05) is 42.5 Å². The fraction of sp³-hybridized carbons (Fsp3) is 0.238. The molecule has 1 heterocycles. The molecule has 1 amide bonds. The molecule has 0 radical (unpaired) electrons. The van der Waals surface area contributed by atoms with Gasteiger partial charge in [-0.05, 0) is 24.1 Å². The second kappa shape index (κ2) is 9.06. The van der Waals surface area contributed by atoms with Crippen LogP contribution >= 0.6 is 11.3 Å². The SMILES string of the molecule is N#CC(C(=O)CCC(=O)NCCc1ccccc1)c1nc2ccccc2s1. The van der Waals surface area contributed by atoms with Gasteiger partial charge in [-0.15, -0.1) is 11.3 Å². The first-order valence-corrected chi connectivity index (χ1v) is 9.57. The molecule has 2 aromatic carbocycles. The van der Waals surface area contributed by atoms with Crippen molar-refractivity contribution < 1.29 is 9.59 Å². The topological polar surface area (TPSA) is 82.8 Å². The van der Waals surface area contributed by atoms with E-state index < -0.39 is 5.92 Å². The van der Waals surface area contributed by atoms with Crippen LogP contribution in [-0.2, 0) is 16.0 Å². The van der Waals surface area contributed by atoms with Crippen molar-refractivity contribution in [2.45, 2.75) is 25.2 Å². The average Bonchev–Trinajstić information content (AvgIpc) is 3.11. The first kappa shape index (κ1) is 18.7. The van der Waals surface area contributed by atoms with Crippen molar-refractivity contribution in [1.82, 2.24) is 10.3 Å². The van der Waals surface area contributed by atoms with Gasteiger partial charge < -0.3 is 5.32 Å². The van der Waals surface area contributed by atoms with Crippen molar-refractivity contribution in [3.8, 4) is 6.07 Å². The third-order valence-corrected chi connectivity index (χ3v) is 5.29. The summed E-state index contributed by atoms with van der Waals surface area (Å²) >= 11 is 1.35. The highest BCUT2D eigenvalue weighted by atomic mass is 32.1. The van der Waals surface area contributed by atoms with Gasteiger partial charge >= 0.3 is 0 Å². The summed E-state index contributed by atoms with van der Waals surface area (Å²) in [5, 5.41) is 12.7. The summed E-state index contributed by atoms with van der Waals surface area (Å²) < 4.78 is 0.944. The molecule has 27 heavy (non-hydrogen) atoms. The van der Waals surface area contributed by atoms with Crippen LogP contribution in [0.15, 0.2) is 54.6 Å². The highest BCUT2D eigenvalue weighted by molar-refractivity contribution is 7.18. The number of nitrogens with one attached hydrogen (secondary N) is 1. The van der Waals surface area contributed by atoms with E-state index in [1.54, 1.807) is 0 Å². The van der Waals surface area contributed by atoms with E-state index in [1.807, 2.05) is 60.7 Å². The number of aromatic nitrogens is 1. The van der Waals surface area contributed by atoms with E-state index in [-0.39, 0.29) is 24.5 Å². The Labute approximate surface area is 161 Å². The number of Topliss-reactive ketones (excluding diaryl/α,β-unsaturated/α-hetero) is 1. The maximum Gasteiger partial charge on any atom is 0.220 e. The van der Waals surface area contributed by atoms with Gasteiger partial charge in [0.05, 0.1) is 16.3 Å². The smallest absolute Gasteiger partial charge is 0.220 e. The predicted octanol–water partition coefficient (Wildman–Crippen LogP) is 3.61. The molecule has 3 rings (SSSR count). The van der Waals surface area contributed by atoms with E-state index in [9.17, 15) is 14.9 Å². The Morgan fingerprint density at radius 2 is 1.81 bits per heavy atom. The lowest BCUT2D eigenvalue weighted by molar-refractivity contribution is -0.125. The van der Waals surface area contributed by atoms with Crippen LogP contribution in [0.3, 0.4) is 0 Å². The Kier molecular flexibility index (Phi) is 6.29. The Balaban J connectivity index is 1.49. The van der Waals surface area contributed by atoms with Crippen LogP contribution < -0.4 is 5.32 Å². The third kappa shape index (κ3) is 4.99. The van der Waals surface area contributed by atoms with Crippen molar-refractivity contribution in [3.63, 3.8) is 0 Å². The van der Waals surface area contributed by atoms with E-state index in [2.05, 4.69) is 10.3 Å². The number of para-hydroxylation sites is 1. The number of nitrogens with zero attached hydrogens (tertiary/aromatic N) is 2. The normalized spacial score (nSPS) is 11.7. The van der Waals surface area contributed by atoms with Crippen molar-refractivity contribution in [3.05, 3.63) is 65.2 Å². The summed E-state index contributed by atoms with van der Waals surface area (Å²) in [6.45, 7) is 0.524. The molecule has 1 atom stereocenters. The number of carbonyl (C=O) groups excluding carboxylic acids is 2. The molecule has 0 aliphatic carbocycles. The van der Waals surface area contributed by atoms with E-state index in [1.165, 1.54) is 11.3 Å². The number of hydrogen-bond donors (Lipinski definition) is 1. The van der Waals surface area contributed by atoms with Gasteiger partial charge in [0.2, 0.25) is 5.91 Å². The predicted molar refractivity (Wildman–Crippen MR) is 105 cm³/mol. The summed E-state index contributed by atoms with van der Waals surface area (Å²) in [7, 11) is 0. The summed E-state index contributed by atoms with van der Waals surface area (Å²) in [5.74, 6) is -1.37. The lowest BCUT2D eigenvalue weighted by Crippen LogP contribution is -2.26. The molecule has 1 unspecified atom stereocenters. The molecule has 6 heteroatoms. The van der Waals surface area contributed by atoms with Crippen LogP contribution in [0.5, 0.6) is 0 Å². The molecule has 0 saturated heterocycles. The van der Waals surface area contributed by atoms with Gasteiger partial charge in [-0.2, -0.15) is 5.26 Å². The average molecular weight is 377 g/mol. The second-order valence-electron chi connectivity index (χ2n) is 6.13. The maximum atomic E-state index is 12.4. The summed E-state index contributed by atoms with van der Waals surface area (Å²) in [4.78, 5) is 28.8. The molecule has 0 fully saturated rings. The Morgan fingerprint density at radius 1 is 1.07 bits per heavy atom. The maximum absolute atomic E-state index is 12.4. The molecule has 0 aliphatic rings. The second-order valence-corrected chi connectivity index (χ2v) is 7.20. The van der Waals surface area contributed by atoms with Crippen LogP contribution in [0.2, 0.25) is 0 Å². The zero-order valence-corrected chi connectivity index (χ0v) is 15.5. The number of ketones is 1. The van der Waals surface area contributed by atoms with Gasteiger partial charge in [0.25, 0.3) is 0 Å². The van der Waals surface area contributed by atoms with Crippen LogP contribution in [0.1, 0.15) is 29.3 Å². The Morgan fingerprint density at radius 3 is 2.56 bits per heavy atom. The monoisotopic (exact) mass is 377 g/mol. The van der Waals surface area contributed by atoms with Gasteiger partial charge in [0, 0.05) is 19.4 Å². The first-order valence-electron chi connectivity index (χ1n) is 8.76. The molecular weight excluding hydrogens is 358 g/mol. The standard InChI is InChI=1S/C21H19N3O2S/c22-14-16(21-24-17-8-4-5-9-19(17)27-21)18(25)10-11-20(26)23-13-12-15-6-2-1-3-7-15/h1-9,16H,10-13H2,(H,23,26). The lowest BCUT2D eigenvalue weighted by Gasteiger charge is -2.07. The van der Waals surface area contributed by atoms with Gasteiger partial charge in [-0.25, -0.2) is 4.98 Å². The van der Waals surface area contributed by atoms with Crippen molar-refractivity contribution in [2.24, 2.45) is 0 Å². The van der Waals surface area contributed by atoms with Crippen LogP contribution in [0.25, 0.3) is 10.2 Å². The number of carbonyl (C=O) groups is 2. The number of amides is 1. The van der Waals surface area contributed by atoms with Gasteiger partial charge in [0.15, 0.2) is 11.7 Å². The first-order chi connectivity index (χ1) is 13.2. The highest BCUT2D eigenvalue weighted by Gasteiger charge is 2.24. The molecule has 3 aromatic rings. The number of nitriles is 1. The molecule has 136 valence electrons. The van der Waals surface area contributed by atoms with E-state index >= 15 is 0 Å². The molecule has 0 spiro atoms. The minimum atomic E-state index is -0.917. The summed E-state index contributed by atoms with van der Waals surface area (Å²) in [5.41, 5.74) is 1.93. The van der Waals surface area contributed by atoms with Crippen molar-refractivity contribution in [1.29, 1.82) is 5.26 Å². The minimum Gasteiger partial charge on any atom is -0.356 e. The van der Waals surface area contributed by atoms with Crippen LogP contribution in [0, 0.1) is 11.3 Å². The fourth-order valence-corrected chi connectivity index (χ4v) is 3.78. The summed E-state index contributed by atoms with van der Waals surface area (Å²) in [6, 6.07) is 19.4. The zero-order chi connectivity index (χ0) is 19.1. The van der Waals surface area contributed by atoms with Gasteiger partial charge in [0.1, 0.15) is 5.01 Å². The molecule has 5 nitrogen and oxygen atoms in total. The number of benzene rings is 2. The molecule has 0 bridgehead atoms. The van der Waals surface area contributed by atoms with E-state index in [4.69, 9.17) is 0 Å². The highest BCUT2D eigenvalue weighted by Crippen LogP contribution is 2.28. The zero-order valence-electron chi connectivity index (χ0n) is 14.7. The molecule has 1 N–H and O–H groups in total. The lowest BCUT2D eigenvalue weighted by atomic mass is 10.0. The molecule has 1 aromatic heterocycles. The Bertz CT molecular complexity index is 943. The largest absolute Gasteiger partial charge is 0.356 e. The van der Waals surface area contributed by atoms with E-state index in [0.29, 0.717) is 11.6 Å². The summed E-state index contributed by atoms with van der Waals surface area (Å²) in [6.07, 6.45) is 0.856. The van der Waals surface area contributed by atoms with Crippen LogP contribution in [-0.4, -0.2) is 23.2 Å². The van der Waals surface area contributed by atoms with Crippen molar-refractivity contribution >= 4 is 33.2 Å². The number of thiazole rings is 1. The molecular formula is C21H19N3O2S. The van der Waals surface area contributed by atoms with E-state index in [0.717, 1.165) is 22.2 Å². The number of rotatable bonds is 8. The van der Waals surface area contributed by atoms with Crippen molar-refractivity contribution in [2.75, 3.05) is 6.54 Å². The van der Waals surface area contributed by atoms with Gasteiger partial charge in [-0.3, -0.25) is 9.59 Å². The third-order valence-electron chi connectivity index (χ3n) is 4.19. The fourth-order valence-electron chi connectivity index (χ4n) is 2.74. The minimum absolute atomic E-state index is 0.0331. The Hall–Kier alpha value is -3.04. The quantitative estimate of drug-likeness (QED) is 0.650.